The summed E-state index contributed by atoms with van der Waals surface area (Å²) in [5.74, 6) is -0.789. The number of nitrogens with one attached hydrogen (secondary N) is 2. The number of hydrogen-bond acceptors (Lipinski definition) is 3. The van der Waals surface area contributed by atoms with Crippen LogP contribution in [0.4, 0.5) is 10.2 Å². The molecule has 0 bridgehead atoms. The molecule has 2 aromatic carbocycles. The highest BCUT2D eigenvalue weighted by atomic mass is 35.5. The molecule has 0 fully saturated rings. The molecule has 0 aliphatic heterocycles. The van der Waals surface area contributed by atoms with Gasteiger partial charge in [-0.1, -0.05) is 53.0 Å². The molecule has 0 aliphatic rings. The summed E-state index contributed by atoms with van der Waals surface area (Å²) in [6.07, 6.45) is 1.48. The van der Waals surface area contributed by atoms with E-state index < -0.39 is 11.7 Å². The molecule has 2 aromatic heterocycles. The molecule has 0 saturated heterocycles. The highest BCUT2D eigenvalue weighted by molar-refractivity contribution is 6.33. The van der Waals surface area contributed by atoms with E-state index >= 15 is 0 Å². The van der Waals surface area contributed by atoms with E-state index in [1.807, 2.05) is 0 Å². The lowest BCUT2D eigenvalue weighted by Crippen LogP contribution is -2.13. The van der Waals surface area contributed by atoms with Crippen molar-refractivity contribution in [3.05, 3.63) is 86.9 Å². The van der Waals surface area contributed by atoms with Gasteiger partial charge in [-0.2, -0.15) is 10.2 Å². The lowest BCUT2D eigenvalue weighted by molar-refractivity contribution is 0.102. The number of aromatic nitrogens is 4. The van der Waals surface area contributed by atoms with Crippen molar-refractivity contribution in [3.63, 3.8) is 0 Å². The van der Waals surface area contributed by atoms with Gasteiger partial charge in [-0.05, 0) is 30.3 Å². The summed E-state index contributed by atoms with van der Waals surface area (Å²) in [7, 11) is 0. The summed E-state index contributed by atoms with van der Waals surface area (Å²) in [4.78, 5) is 12.5. The van der Waals surface area contributed by atoms with Gasteiger partial charge >= 0.3 is 0 Å². The van der Waals surface area contributed by atoms with Crippen LogP contribution >= 0.6 is 34.8 Å². The van der Waals surface area contributed by atoms with Crippen molar-refractivity contribution in [1.29, 1.82) is 0 Å². The van der Waals surface area contributed by atoms with Crippen molar-refractivity contribution in [2.75, 3.05) is 5.32 Å². The van der Waals surface area contributed by atoms with Gasteiger partial charge in [0, 0.05) is 27.4 Å². The van der Waals surface area contributed by atoms with Crippen LogP contribution in [0.2, 0.25) is 15.1 Å². The Hall–Kier alpha value is -2.87. The zero-order chi connectivity index (χ0) is 21.3. The Bertz CT molecular complexity index is 1200. The van der Waals surface area contributed by atoms with Gasteiger partial charge in [0.25, 0.3) is 5.91 Å². The summed E-state index contributed by atoms with van der Waals surface area (Å²) in [5.41, 5.74) is 1.89. The van der Waals surface area contributed by atoms with Crippen LogP contribution in [0, 0.1) is 5.82 Å². The number of anilines is 1. The summed E-state index contributed by atoms with van der Waals surface area (Å²) in [6.45, 7) is 0.0614. The van der Waals surface area contributed by atoms with Crippen LogP contribution in [-0.4, -0.2) is 25.9 Å². The number of amides is 1. The van der Waals surface area contributed by atoms with E-state index in [0.29, 0.717) is 10.7 Å². The van der Waals surface area contributed by atoms with Gasteiger partial charge in [-0.25, -0.2) is 4.39 Å². The third-order valence-electron chi connectivity index (χ3n) is 4.29. The van der Waals surface area contributed by atoms with Crippen molar-refractivity contribution < 1.29 is 9.18 Å². The van der Waals surface area contributed by atoms with E-state index in [1.54, 1.807) is 36.4 Å². The van der Waals surface area contributed by atoms with E-state index in [9.17, 15) is 9.18 Å². The maximum Gasteiger partial charge on any atom is 0.274 e. The first-order valence-corrected chi connectivity index (χ1v) is 9.82. The normalized spacial score (nSPS) is 10.9. The summed E-state index contributed by atoms with van der Waals surface area (Å²) in [6, 6.07) is 13.1. The van der Waals surface area contributed by atoms with E-state index in [0.717, 1.165) is 5.56 Å². The minimum absolute atomic E-state index is 0.0614. The average Bonchev–Trinajstić information content (AvgIpc) is 3.33. The van der Waals surface area contributed by atoms with Crippen molar-refractivity contribution in [2.24, 2.45) is 0 Å². The largest absolute Gasteiger partial charge is 0.302 e. The Balaban J connectivity index is 1.50. The monoisotopic (exact) mass is 463 g/mol. The molecule has 2 heterocycles. The predicted molar refractivity (Wildman–Crippen MR) is 115 cm³/mol. The standard InChI is InChI=1S/C20H13Cl3FN5O/c21-12-6-4-11(5-7-12)17-8-18(27-26-17)20(30)25-19-15(23)10-29(28-19)9-13-14(22)2-1-3-16(13)24/h1-8,10H,9H2,(H,26,27)(H,25,28,30). The summed E-state index contributed by atoms with van der Waals surface area (Å²) in [5, 5.41) is 14.7. The topological polar surface area (TPSA) is 75.6 Å². The van der Waals surface area contributed by atoms with Crippen LogP contribution in [0.5, 0.6) is 0 Å². The lowest BCUT2D eigenvalue weighted by atomic mass is 10.1. The molecule has 1 amide bonds. The van der Waals surface area contributed by atoms with Crippen molar-refractivity contribution >= 4 is 46.5 Å². The first-order chi connectivity index (χ1) is 14.4. The van der Waals surface area contributed by atoms with Crippen molar-refractivity contribution in [2.45, 2.75) is 6.54 Å². The fourth-order valence-corrected chi connectivity index (χ4v) is 3.34. The van der Waals surface area contributed by atoms with E-state index in [1.165, 1.54) is 23.0 Å². The molecule has 4 rings (SSSR count). The molecule has 30 heavy (non-hydrogen) atoms. The highest BCUT2D eigenvalue weighted by Crippen LogP contribution is 2.25. The second-order valence-electron chi connectivity index (χ2n) is 6.35. The van der Waals surface area contributed by atoms with Crippen LogP contribution in [-0.2, 0) is 6.54 Å². The summed E-state index contributed by atoms with van der Waals surface area (Å²) < 4.78 is 15.4. The van der Waals surface area contributed by atoms with Gasteiger partial charge in [0.1, 0.15) is 16.5 Å². The molecule has 0 saturated carbocycles. The van der Waals surface area contributed by atoms with Gasteiger partial charge in [0.2, 0.25) is 0 Å². The van der Waals surface area contributed by atoms with Crippen LogP contribution in [0.3, 0.4) is 0 Å². The highest BCUT2D eigenvalue weighted by Gasteiger charge is 2.16. The molecule has 0 aliphatic carbocycles. The number of benzene rings is 2. The number of rotatable bonds is 5. The van der Waals surface area contributed by atoms with Crippen LogP contribution in [0.15, 0.2) is 54.7 Å². The van der Waals surface area contributed by atoms with E-state index in [4.69, 9.17) is 34.8 Å². The summed E-state index contributed by atoms with van der Waals surface area (Å²) >= 11 is 18.1. The Morgan fingerprint density at radius 2 is 1.87 bits per heavy atom. The van der Waals surface area contributed by atoms with E-state index in [2.05, 4.69) is 20.6 Å². The van der Waals surface area contributed by atoms with Gasteiger partial charge in [0.15, 0.2) is 5.82 Å². The average molecular weight is 465 g/mol. The lowest BCUT2D eigenvalue weighted by Gasteiger charge is -2.05. The SMILES string of the molecule is O=C(Nc1nn(Cc2c(F)cccc2Cl)cc1Cl)c1cc(-c2ccc(Cl)cc2)n[nH]1. The maximum atomic E-state index is 14.0. The zero-order valence-electron chi connectivity index (χ0n) is 15.2. The second-order valence-corrected chi connectivity index (χ2v) is 7.60. The molecular formula is C20H13Cl3FN5O. The molecule has 0 atom stereocenters. The number of H-pyrrole nitrogens is 1. The third-order valence-corrected chi connectivity index (χ3v) is 5.18. The Kier molecular flexibility index (Phi) is 5.76. The number of halogens is 4. The van der Waals surface area contributed by atoms with Gasteiger partial charge in [-0.15, -0.1) is 0 Å². The van der Waals surface area contributed by atoms with Crippen LogP contribution in [0.1, 0.15) is 16.1 Å². The molecule has 152 valence electrons. The minimum Gasteiger partial charge on any atom is -0.302 e. The molecule has 0 unspecified atom stereocenters. The molecule has 2 N–H and O–H groups in total. The van der Waals surface area contributed by atoms with Crippen molar-refractivity contribution in [1.82, 2.24) is 20.0 Å². The van der Waals surface area contributed by atoms with Crippen LogP contribution < -0.4 is 5.32 Å². The quantitative estimate of drug-likeness (QED) is 0.399. The van der Waals surface area contributed by atoms with E-state index in [-0.39, 0.29) is 33.7 Å². The number of carbonyl (C=O) groups excluding carboxylic acids is 1. The predicted octanol–water partition coefficient (Wildman–Crippen LogP) is 5.67. The Labute approximate surface area is 185 Å². The van der Waals surface area contributed by atoms with Crippen LogP contribution in [0.25, 0.3) is 11.3 Å². The van der Waals surface area contributed by atoms with Gasteiger partial charge in [0.05, 0.1) is 12.2 Å². The number of aromatic amines is 1. The fourth-order valence-electron chi connectivity index (χ4n) is 2.79. The molecule has 10 heteroatoms. The molecule has 4 aromatic rings. The van der Waals surface area contributed by atoms with Crippen molar-refractivity contribution in [3.8, 4) is 11.3 Å². The third kappa shape index (κ3) is 4.33. The first-order valence-electron chi connectivity index (χ1n) is 8.69. The number of nitrogens with zero attached hydrogens (tertiary/aromatic N) is 3. The first kappa shape index (κ1) is 20.4. The number of hydrogen-bond donors (Lipinski definition) is 2. The molecule has 6 nitrogen and oxygen atoms in total. The minimum atomic E-state index is -0.473. The molecule has 0 spiro atoms. The fraction of sp³-hybridized carbons (Fsp3) is 0.0500. The van der Waals surface area contributed by atoms with Gasteiger partial charge in [-0.3, -0.25) is 14.6 Å². The maximum absolute atomic E-state index is 14.0. The molecular weight excluding hydrogens is 452 g/mol. The number of carbonyl (C=O) groups is 1. The zero-order valence-corrected chi connectivity index (χ0v) is 17.4. The second kappa shape index (κ2) is 8.47. The smallest absolute Gasteiger partial charge is 0.274 e. The molecule has 0 radical (unpaired) electrons. The Morgan fingerprint density at radius 1 is 1.10 bits per heavy atom. The van der Waals surface area contributed by atoms with Gasteiger partial charge < -0.3 is 5.32 Å². The Morgan fingerprint density at radius 3 is 2.60 bits per heavy atom.